The maximum absolute atomic E-state index is 3.77. The fraction of sp³-hybridized carbons (Fsp3) is 0.625. The number of halogens is 1. The van der Waals surface area contributed by atoms with E-state index in [0.29, 0.717) is 5.41 Å². The molecule has 0 spiro atoms. The van der Waals surface area contributed by atoms with E-state index in [-0.39, 0.29) is 0 Å². The van der Waals surface area contributed by atoms with Crippen molar-refractivity contribution in [2.75, 3.05) is 6.54 Å². The largest absolute Gasteiger partial charge is 0.313 e. The molecule has 0 atom stereocenters. The van der Waals surface area contributed by atoms with Gasteiger partial charge in [0.25, 0.3) is 0 Å². The minimum atomic E-state index is 0.610. The summed E-state index contributed by atoms with van der Waals surface area (Å²) in [5, 5.41) is 3.77. The zero-order valence-corrected chi connectivity index (χ0v) is 12.7. The fourth-order valence-electron chi connectivity index (χ4n) is 3.19. The summed E-state index contributed by atoms with van der Waals surface area (Å²) in [6, 6.07) is 9.42. The SMILES string of the molecule is CC1(CNC2CC(c3ccccc3Br)C2)CCC1. The van der Waals surface area contributed by atoms with E-state index in [1.165, 1.54) is 48.7 Å². The highest BCUT2D eigenvalue weighted by molar-refractivity contribution is 9.10. The molecule has 0 amide bonds. The number of benzene rings is 1. The maximum Gasteiger partial charge on any atom is 0.0210 e. The topological polar surface area (TPSA) is 12.0 Å². The van der Waals surface area contributed by atoms with Crippen LogP contribution in [0.1, 0.15) is 50.5 Å². The molecule has 18 heavy (non-hydrogen) atoms. The average molecular weight is 308 g/mol. The van der Waals surface area contributed by atoms with Crippen LogP contribution in [0, 0.1) is 5.41 Å². The Morgan fingerprint density at radius 3 is 2.61 bits per heavy atom. The lowest BCUT2D eigenvalue weighted by Crippen LogP contribution is -2.46. The summed E-state index contributed by atoms with van der Waals surface area (Å²) in [7, 11) is 0. The third-order valence-corrected chi connectivity index (χ3v) is 5.58. The van der Waals surface area contributed by atoms with Crippen LogP contribution in [0.5, 0.6) is 0 Å². The van der Waals surface area contributed by atoms with Crippen molar-refractivity contribution in [3.05, 3.63) is 34.3 Å². The maximum atomic E-state index is 3.77. The van der Waals surface area contributed by atoms with E-state index in [1.807, 2.05) is 0 Å². The Balaban J connectivity index is 1.47. The zero-order valence-electron chi connectivity index (χ0n) is 11.1. The van der Waals surface area contributed by atoms with Gasteiger partial charge in [-0.15, -0.1) is 0 Å². The van der Waals surface area contributed by atoms with E-state index in [2.05, 4.69) is 52.4 Å². The van der Waals surface area contributed by atoms with Gasteiger partial charge in [-0.25, -0.2) is 0 Å². The highest BCUT2D eigenvalue weighted by Gasteiger charge is 2.35. The molecule has 0 aromatic heterocycles. The van der Waals surface area contributed by atoms with Crippen LogP contribution < -0.4 is 5.32 Å². The predicted octanol–water partition coefficient (Wildman–Crippen LogP) is 4.47. The van der Waals surface area contributed by atoms with E-state index in [9.17, 15) is 0 Å². The minimum absolute atomic E-state index is 0.610. The van der Waals surface area contributed by atoms with Gasteiger partial charge >= 0.3 is 0 Å². The molecular weight excluding hydrogens is 286 g/mol. The van der Waals surface area contributed by atoms with Gasteiger partial charge in [-0.2, -0.15) is 0 Å². The fourth-order valence-corrected chi connectivity index (χ4v) is 3.80. The van der Waals surface area contributed by atoms with Crippen LogP contribution >= 0.6 is 15.9 Å². The van der Waals surface area contributed by atoms with Gasteiger partial charge in [0.15, 0.2) is 0 Å². The van der Waals surface area contributed by atoms with Gasteiger partial charge < -0.3 is 5.32 Å². The second-order valence-electron chi connectivity index (χ2n) is 6.43. The van der Waals surface area contributed by atoms with Crippen molar-refractivity contribution in [3.8, 4) is 0 Å². The van der Waals surface area contributed by atoms with Gasteiger partial charge in [0.05, 0.1) is 0 Å². The van der Waals surface area contributed by atoms with Gasteiger partial charge in [-0.05, 0) is 48.6 Å². The molecule has 0 radical (unpaired) electrons. The number of rotatable bonds is 4. The molecule has 2 fully saturated rings. The van der Waals surface area contributed by atoms with E-state index < -0.39 is 0 Å². The minimum Gasteiger partial charge on any atom is -0.313 e. The molecule has 0 saturated heterocycles. The second-order valence-corrected chi connectivity index (χ2v) is 7.29. The number of nitrogens with one attached hydrogen (secondary N) is 1. The first-order chi connectivity index (χ1) is 8.66. The summed E-state index contributed by atoms with van der Waals surface area (Å²) in [6.07, 6.45) is 6.88. The molecule has 0 heterocycles. The Morgan fingerprint density at radius 2 is 2.00 bits per heavy atom. The standard InChI is InChI=1S/C16H22BrN/c1-16(7-4-8-16)11-18-13-9-12(10-13)14-5-2-3-6-15(14)17/h2-3,5-6,12-13,18H,4,7-11H2,1H3. The molecular formula is C16H22BrN. The van der Waals surface area contributed by atoms with Crippen LogP contribution in [0.2, 0.25) is 0 Å². The predicted molar refractivity (Wildman–Crippen MR) is 79.9 cm³/mol. The molecule has 2 aliphatic carbocycles. The van der Waals surface area contributed by atoms with Crippen molar-refractivity contribution in [2.24, 2.45) is 5.41 Å². The van der Waals surface area contributed by atoms with Crippen LogP contribution in [0.3, 0.4) is 0 Å². The molecule has 2 saturated carbocycles. The van der Waals surface area contributed by atoms with E-state index >= 15 is 0 Å². The highest BCUT2D eigenvalue weighted by atomic mass is 79.9. The highest BCUT2D eigenvalue weighted by Crippen LogP contribution is 2.42. The van der Waals surface area contributed by atoms with Crippen LogP contribution in [0.25, 0.3) is 0 Å². The second kappa shape index (κ2) is 4.97. The van der Waals surface area contributed by atoms with Gasteiger partial charge in [0.1, 0.15) is 0 Å². The molecule has 0 aliphatic heterocycles. The number of hydrogen-bond donors (Lipinski definition) is 1. The summed E-state index contributed by atoms with van der Waals surface area (Å²) in [5.74, 6) is 0.757. The lowest BCUT2D eigenvalue weighted by atomic mass is 9.69. The molecule has 1 N–H and O–H groups in total. The van der Waals surface area contributed by atoms with Crippen molar-refractivity contribution >= 4 is 15.9 Å². The quantitative estimate of drug-likeness (QED) is 0.865. The van der Waals surface area contributed by atoms with Crippen LogP contribution in [0.15, 0.2) is 28.7 Å². The average Bonchev–Trinajstić information content (AvgIpc) is 2.27. The summed E-state index contributed by atoms with van der Waals surface area (Å²) in [5.41, 5.74) is 2.10. The summed E-state index contributed by atoms with van der Waals surface area (Å²) >= 11 is 3.66. The van der Waals surface area contributed by atoms with Crippen molar-refractivity contribution in [2.45, 2.75) is 51.0 Å². The monoisotopic (exact) mass is 307 g/mol. The summed E-state index contributed by atoms with van der Waals surface area (Å²) in [6.45, 7) is 3.65. The molecule has 2 aliphatic rings. The van der Waals surface area contributed by atoms with Crippen molar-refractivity contribution in [1.29, 1.82) is 0 Å². The molecule has 1 aromatic carbocycles. The molecule has 98 valence electrons. The molecule has 3 rings (SSSR count). The van der Waals surface area contributed by atoms with Gasteiger partial charge in [-0.3, -0.25) is 0 Å². The van der Waals surface area contributed by atoms with E-state index in [4.69, 9.17) is 0 Å². The Kier molecular flexibility index (Phi) is 3.50. The Labute approximate surface area is 118 Å². The Hall–Kier alpha value is -0.340. The zero-order chi connectivity index (χ0) is 12.6. The first-order valence-electron chi connectivity index (χ1n) is 7.14. The first kappa shape index (κ1) is 12.7. The Bertz CT molecular complexity index is 419. The summed E-state index contributed by atoms with van der Waals surface area (Å²) in [4.78, 5) is 0. The number of hydrogen-bond acceptors (Lipinski definition) is 1. The molecule has 0 bridgehead atoms. The van der Waals surface area contributed by atoms with Crippen molar-refractivity contribution in [3.63, 3.8) is 0 Å². The first-order valence-corrected chi connectivity index (χ1v) is 7.93. The van der Waals surface area contributed by atoms with E-state index in [1.54, 1.807) is 0 Å². The molecule has 1 aromatic rings. The van der Waals surface area contributed by atoms with Crippen molar-refractivity contribution in [1.82, 2.24) is 5.32 Å². The van der Waals surface area contributed by atoms with Crippen LogP contribution in [0.4, 0.5) is 0 Å². The summed E-state index contributed by atoms with van der Waals surface area (Å²) < 4.78 is 1.28. The smallest absolute Gasteiger partial charge is 0.0210 e. The van der Waals surface area contributed by atoms with Gasteiger partial charge in [0.2, 0.25) is 0 Å². The van der Waals surface area contributed by atoms with Gasteiger partial charge in [0, 0.05) is 17.1 Å². The lowest BCUT2D eigenvalue weighted by Gasteiger charge is -2.43. The van der Waals surface area contributed by atoms with Crippen LogP contribution in [-0.4, -0.2) is 12.6 Å². The van der Waals surface area contributed by atoms with Crippen LogP contribution in [-0.2, 0) is 0 Å². The normalized spacial score (nSPS) is 29.4. The third kappa shape index (κ3) is 2.50. The lowest BCUT2D eigenvalue weighted by molar-refractivity contribution is 0.137. The van der Waals surface area contributed by atoms with E-state index in [0.717, 1.165) is 12.0 Å². The Morgan fingerprint density at radius 1 is 1.28 bits per heavy atom. The molecule has 2 heteroatoms. The van der Waals surface area contributed by atoms with Crippen molar-refractivity contribution < 1.29 is 0 Å². The molecule has 0 unspecified atom stereocenters. The third-order valence-electron chi connectivity index (χ3n) is 4.86. The molecule has 1 nitrogen and oxygen atoms in total. The van der Waals surface area contributed by atoms with Gasteiger partial charge in [-0.1, -0.05) is 47.5 Å².